The molecule has 0 radical (unpaired) electrons. The molecule has 2 fully saturated rings. The average Bonchev–Trinajstić information content (AvgIpc) is 3.40. The summed E-state index contributed by atoms with van der Waals surface area (Å²) in [5.41, 5.74) is 2.26. The summed E-state index contributed by atoms with van der Waals surface area (Å²) >= 11 is 0. The van der Waals surface area contributed by atoms with Gasteiger partial charge in [-0.05, 0) is 52.7 Å². The number of ether oxygens (including phenoxy) is 1. The van der Waals surface area contributed by atoms with E-state index in [1.807, 2.05) is 72.8 Å². The van der Waals surface area contributed by atoms with Crippen LogP contribution in [0.4, 0.5) is 11.4 Å². The molecule has 6 nitrogen and oxygen atoms in total. The summed E-state index contributed by atoms with van der Waals surface area (Å²) in [6.45, 7) is 0. The summed E-state index contributed by atoms with van der Waals surface area (Å²) in [6, 6.07) is 30.2. The Balaban J connectivity index is 1.48. The highest BCUT2D eigenvalue weighted by atomic mass is 16.7. The van der Waals surface area contributed by atoms with E-state index in [1.54, 1.807) is 36.4 Å². The lowest BCUT2D eigenvalue weighted by Crippen LogP contribution is -2.37. The highest BCUT2D eigenvalue weighted by Gasteiger charge is 2.60. The topological polar surface area (TPSA) is 59.1 Å². The van der Waals surface area contributed by atoms with Gasteiger partial charge < -0.3 is 4.74 Å². The molecular formula is C28H22N2O4. The fraction of sp³-hybridized carbons (Fsp3) is 0.143. The highest BCUT2D eigenvalue weighted by molar-refractivity contribution is 6.24. The maximum absolute atomic E-state index is 13.8. The molecule has 2 amide bonds. The van der Waals surface area contributed by atoms with Crippen molar-refractivity contribution in [3.63, 3.8) is 0 Å². The number of hydrogen-bond donors (Lipinski definition) is 0. The Kier molecular flexibility index (Phi) is 4.81. The number of amides is 2. The molecule has 4 aromatic carbocycles. The van der Waals surface area contributed by atoms with Crippen molar-refractivity contribution in [3.8, 4) is 5.75 Å². The molecule has 2 saturated heterocycles. The van der Waals surface area contributed by atoms with Crippen LogP contribution in [0.5, 0.6) is 5.75 Å². The number of para-hydroxylation sites is 1. The van der Waals surface area contributed by atoms with Gasteiger partial charge in [-0.2, -0.15) is 0 Å². The molecule has 6 rings (SSSR count). The third-order valence-corrected chi connectivity index (χ3v) is 6.60. The molecule has 4 aromatic rings. The minimum atomic E-state index is -0.904. The van der Waals surface area contributed by atoms with Gasteiger partial charge >= 0.3 is 0 Å². The molecule has 3 atom stereocenters. The summed E-state index contributed by atoms with van der Waals surface area (Å²) in [4.78, 5) is 34.8. The molecule has 6 heteroatoms. The molecule has 168 valence electrons. The van der Waals surface area contributed by atoms with Crippen LogP contribution in [0.15, 0.2) is 97.1 Å². The van der Waals surface area contributed by atoms with Crippen LogP contribution in [-0.2, 0) is 14.4 Å². The van der Waals surface area contributed by atoms with Gasteiger partial charge in [0.1, 0.15) is 11.7 Å². The van der Waals surface area contributed by atoms with Gasteiger partial charge in [-0.1, -0.05) is 60.7 Å². The predicted molar refractivity (Wildman–Crippen MR) is 129 cm³/mol. The van der Waals surface area contributed by atoms with Gasteiger partial charge in [-0.3, -0.25) is 14.4 Å². The van der Waals surface area contributed by atoms with Crippen molar-refractivity contribution < 1.29 is 19.2 Å². The molecule has 3 unspecified atom stereocenters. The number of carbonyl (C=O) groups is 2. The normalized spacial score (nSPS) is 21.9. The monoisotopic (exact) mass is 450 g/mol. The van der Waals surface area contributed by atoms with Crippen molar-refractivity contribution in [2.24, 2.45) is 5.92 Å². The van der Waals surface area contributed by atoms with E-state index in [0.29, 0.717) is 11.4 Å². The minimum Gasteiger partial charge on any atom is -0.497 e. The molecule has 2 heterocycles. The highest BCUT2D eigenvalue weighted by Crippen LogP contribution is 2.48. The van der Waals surface area contributed by atoms with Gasteiger partial charge in [0.25, 0.3) is 5.91 Å². The van der Waals surface area contributed by atoms with Crippen molar-refractivity contribution in [2.45, 2.75) is 12.1 Å². The first-order chi connectivity index (χ1) is 16.7. The fourth-order valence-corrected chi connectivity index (χ4v) is 5.02. The Hall–Kier alpha value is -4.16. The van der Waals surface area contributed by atoms with Gasteiger partial charge in [0.15, 0.2) is 6.10 Å². The predicted octanol–water partition coefficient (Wildman–Crippen LogP) is 4.90. The summed E-state index contributed by atoms with van der Waals surface area (Å²) in [5, 5.41) is 3.83. The van der Waals surface area contributed by atoms with Crippen LogP contribution in [0.3, 0.4) is 0 Å². The largest absolute Gasteiger partial charge is 0.497 e. The number of nitrogens with zero attached hydrogens (tertiary/aromatic N) is 2. The Morgan fingerprint density at radius 1 is 0.735 bits per heavy atom. The number of hydroxylamine groups is 1. The molecule has 2 aliphatic heterocycles. The molecule has 0 aromatic heterocycles. The molecule has 2 aliphatic rings. The van der Waals surface area contributed by atoms with E-state index in [4.69, 9.17) is 9.57 Å². The van der Waals surface area contributed by atoms with Crippen LogP contribution in [0.2, 0.25) is 0 Å². The zero-order chi connectivity index (χ0) is 23.2. The van der Waals surface area contributed by atoms with Gasteiger partial charge in [-0.25, -0.2) is 9.96 Å². The minimum absolute atomic E-state index is 0.267. The second-order valence-electron chi connectivity index (χ2n) is 8.44. The Bertz CT molecular complexity index is 1380. The molecule has 0 spiro atoms. The molecule has 0 bridgehead atoms. The summed E-state index contributed by atoms with van der Waals surface area (Å²) in [6.07, 6.45) is -0.904. The number of carbonyl (C=O) groups excluding carboxylic acids is 2. The fourth-order valence-electron chi connectivity index (χ4n) is 5.02. The zero-order valence-corrected chi connectivity index (χ0v) is 18.5. The maximum Gasteiger partial charge on any atom is 0.266 e. The van der Waals surface area contributed by atoms with E-state index in [0.717, 1.165) is 22.0 Å². The SMILES string of the molecule is COc1ccc(N2C(=O)C3ON(c4ccccc4)C(c4cccc5ccccc45)C3C2=O)cc1. The number of hydrogen-bond acceptors (Lipinski definition) is 5. The van der Waals surface area contributed by atoms with E-state index in [2.05, 4.69) is 0 Å². The van der Waals surface area contributed by atoms with Crippen molar-refractivity contribution >= 4 is 34.0 Å². The van der Waals surface area contributed by atoms with Crippen LogP contribution in [0.25, 0.3) is 10.8 Å². The number of anilines is 2. The van der Waals surface area contributed by atoms with Crippen LogP contribution in [0, 0.1) is 5.92 Å². The smallest absolute Gasteiger partial charge is 0.266 e. The zero-order valence-electron chi connectivity index (χ0n) is 18.5. The quantitative estimate of drug-likeness (QED) is 0.414. The number of imide groups is 1. The van der Waals surface area contributed by atoms with Crippen molar-refractivity contribution in [3.05, 3.63) is 103 Å². The molecule has 34 heavy (non-hydrogen) atoms. The third kappa shape index (κ3) is 3.07. The second-order valence-corrected chi connectivity index (χ2v) is 8.44. The number of methoxy groups -OCH3 is 1. The first kappa shape index (κ1) is 20.4. The van der Waals surface area contributed by atoms with Gasteiger partial charge in [-0.15, -0.1) is 0 Å². The standard InChI is InChI=1S/C28H22N2O4/c1-33-21-16-14-19(15-17-21)29-27(31)24-25(23-13-7-9-18-8-5-6-12-22(18)23)30(34-26(24)28(29)32)20-10-3-2-4-11-20/h2-17,24-26H,1H3. The number of fused-ring (bicyclic) bond motifs is 2. The van der Waals surface area contributed by atoms with Crippen LogP contribution < -0.4 is 14.7 Å². The molecular weight excluding hydrogens is 428 g/mol. The van der Waals surface area contributed by atoms with E-state index in [1.165, 1.54) is 4.90 Å². The van der Waals surface area contributed by atoms with Gasteiger partial charge in [0, 0.05) is 0 Å². The van der Waals surface area contributed by atoms with E-state index >= 15 is 0 Å². The first-order valence-electron chi connectivity index (χ1n) is 11.2. The summed E-state index contributed by atoms with van der Waals surface area (Å²) in [5.74, 6) is -0.649. The Morgan fingerprint density at radius 3 is 2.21 bits per heavy atom. The van der Waals surface area contributed by atoms with E-state index in [-0.39, 0.29) is 11.8 Å². The van der Waals surface area contributed by atoms with Crippen LogP contribution >= 0.6 is 0 Å². The van der Waals surface area contributed by atoms with Crippen LogP contribution in [0.1, 0.15) is 11.6 Å². The summed E-state index contributed by atoms with van der Waals surface area (Å²) < 4.78 is 5.22. The molecule has 0 saturated carbocycles. The number of rotatable bonds is 4. The second kappa shape index (κ2) is 8.01. The Morgan fingerprint density at radius 2 is 1.44 bits per heavy atom. The Labute approximate surface area is 196 Å². The van der Waals surface area contributed by atoms with Crippen molar-refractivity contribution in [1.29, 1.82) is 0 Å². The number of benzene rings is 4. The van der Waals surface area contributed by atoms with Gasteiger partial charge in [0.05, 0.1) is 24.5 Å². The summed E-state index contributed by atoms with van der Waals surface area (Å²) in [7, 11) is 1.58. The average molecular weight is 450 g/mol. The first-order valence-corrected chi connectivity index (χ1v) is 11.2. The van der Waals surface area contributed by atoms with Crippen molar-refractivity contribution in [2.75, 3.05) is 17.1 Å². The van der Waals surface area contributed by atoms with E-state index < -0.39 is 18.1 Å². The molecule has 0 aliphatic carbocycles. The maximum atomic E-state index is 13.8. The molecule has 0 N–H and O–H groups in total. The van der Waals surface area contributed by atoms with Crippen molar-refractivity contribution in [1.82, 2.24) is 0 Å². The lowest BCUT2D eigenvalue weighted by atomic mass is 9.87. The lowest BCUT2D eigenvalue weighted by Gasteiger charge is -2.29. The van der Waals surface area contributed by atoms with E-state index in [9.17, 15) is 9.59 Å². The lowest BCUT2D eigenvalue weighted by molar-refractivity contribution is -0.126. The van der Waals surface area contributed by atoms with Gasteiger partial charge in [0.2, 0.25) is 5.91 Å². The third-order valence-electron chi connectivity index (χ3n) is 6.60. The van der Waals surface area contributed by atoms with Crippen LogP contribution in [-0.4, -0.2) is 25.0 Å².